The number of hydrogen-bond donors (Lipinski definition) is 1. The highest BCUT2D eigenvalue weighted by Gasteiger charge is 2.01. The lowest BCUT2D eigenvalue weighted by Gasteiger charge is -1.98. The first-order valence-corrected chi connectivity index (χ1v) is 4.96. The van der Waals surface area contributed by atoms with Crippen molar-refractivity contribution in [3.8, 4) is 0 Å². The summed E-state index contributed by atoms with van der Waals surface area (Å²) in [5, 5.41) is 0. The van der Waals surface area contributed by atoms with Crippen molar-refractivity contribution in [1.29, 1.82) is 0 Å². The first kappa shape index (κ1) is 16.1. The van der Waals surface area contributed by atoms with Gasteiger partial charge in [0.2, 0.25) is 0 Å². The fraction of sp³-hybridized carbons (Fsp3) is 0.417. The van der Waals surface area contributed by atoms with Crippen LogP contribution >= 0.6 is 0 Å². The molecular formula is C12H21NO2. The summed E-state index contributed by atoms with van der Waals surface area (Å²) in [6.07, 6.45) is 4.97. The van der Waals surface area contributed by atoms with Gasteiger partial charge < -0.3 is 10.5 Å². The predicted octanol–water partition coefficient (Wildman–Crippen LogP) is 2.20. The molecule has 0 heterocycles. The molecule has 2 N–H and O–H groups in total. The van der Waals surface area contributed by atoms with Gasteiger partial charge in [0.1, 0.15) is 5.76 Å². The molecule has 3 nitrogen and oxygen atoms in total. The standard InChI is InChI=1S/C10H15NO2.C2H6/c1-4-9(10(12)7-11)6-5-8(2)13-3;1-2/h4-6H,2,7,11H2,1,3H3;1-2H3/b6-5-,9-4+;. The molecule has 0 fully saturated rings. The van der Waals surface area contributed by atoms with E-state index < -0.39 is 0 Å². The van der Waals surface area contributed by atoms with Gasteiger partial charge in [-0.15, -0.1) is 0 Å². The molecule has 0 spiro atoms. The van der Waals surface area contributed by atoms with E-state index in [-0.39, 0.29) is 12.3 Å². The maximum absolute atomic E-state index is 11.1. The topological polar surface area (TPSA) is 52.3 Å². The van der Waals surface area contributed by atoms with Crippen LogP contribution in [0.1, 0.15) is 20.8 Å². The molecule has 0 saturated heterocycles. The largest absolute Gasteiger partial charge is 0.497 e. The van der Waals surface area contributed by atoms with E-state index in [4.69, 9.17) is 10.5 Å². The van der Waals surface area contributed by atoms with Crippen LogP contribution in [0.3, 0.4) is 0 Å². The van der Waals surface area contributed by atoms with Crippen LogP contribution in [0.15, 0.2) is 36.1 Å². The van der Waals surface area contributed by atoms with E-state index in [0.29, 0.717) is 11.3 Å². The van der Waals surface area contributed by atoms with Gasteiger partial charge in [0.05, 0.1) is 13.7 Å². The number of Topliss-reactive ketones (excluding diaryl/α,β-unsaturated/α-hetero) is 1. The molecule has 0 aliphatic rings. The Morgan fingerprint density at radius 1 is 1.40 bits per heavy atom. The zero-order chi connectivity index (χ0) is 12.3. The number of carbonyl (C=O) groups excluding carboxylic acids is 1. The summed E-state index contributed by atoms with van der Waals surface area (Å²) in [7, 11) is 1.52. The number of ether oxygens (including phenoxy) is 1. The van der Waals surface area contributed by atoms with Crippen LogP contribution in [0.5, 0.6) is 0 Å². The SMILES string of the molecule is C=C(/C=C\C(=C/C)C(=O)CN)OC.CC. The quantitative estimate of drug-likeness (QED) is 0.431. The Morgan fingerprint density at radius 2 is 1.93 bits per heavy atom. The number of carbonyl (C=O) groups is 1. The van der Waals surface area contributed by atoms with Crippen molar-refractivity contribution in [2.24, 2.45) is 5.73 Å². The van der Waals surface area contributed by atoms with Gasteiger partial charge in [-0.05, 0) is 19.1 Å². The molecule has 0 aromatic carbocycles. The molecule has 0 radical (unpaired) electrons. The maximum Gasteiger partial charge on any atom is 0.176 e. The molecule has 0 amide bonds. The van der Waals surface area contributed by atoms with Crippen molar-refractivity contribution in [3.05, 3.63) is 36.1 Å². The average molecular weight is 211 g/mol. The minimum absolute atomic E-state index is 0.0173. The number of methoxy groups -OCH3 is 1. The highest BCUT2D eigenvalue weighted by Crippen LogP contribution is 2.01. The van der Waals surface area contributed by atoms with E-state index >= 15 is 0 Å². The third-order valence-corrected chi connectivity index (χ3v) is 1.53. The van der Waals surface area contributed by atoms with Crippen LogP contribution in [-0.2, 0) is 9.53 Å². The van der Waals surface area contributed by atoms with Crippen LogP contribution in [-0.4, -0.2) is 19.4 Å². The molecule has 3 heteroatoms. The Hall–Kier alpha value is -1.35. The van der Waals surface area contributed by atoms with E-state index in [0.717, 1.165) is 0 Å². The Labute approximate surface area is 92.3 Å². The summed E-state index contributed by atoms with van der Waals surface area (Å²) in [6, 6.07) is 0. The van der Waals surface area contributed by atoms with Gasteiger partial charge >= 0.3 is 0 Å². The van der Waals surface area contributed by atoms with Crippen LogP contribution in [0, 0.1) is 0 Å². The van der Waals surface area contributed by atoms with Crippen molar-refractivity contribution in [2.45, 2.75) is 20.8 Å². The summed E-state index contributed by atoms with van der Waals surface area (Å²) >= 11 is 0. The Bertz CT molecular complexity index is 252. The lowest BCUT2D eigenvalue weighted by atomic mass is 10.1. The van der Waals surface area contributed by atoms with Gasteiger partial charge in [-0.3, -0.25) is 4.79 Å². The first-order valence-electron chi connectivity index (χ1n) is 4.96. The van der Waals surface area contributed by atoms with Gasteiger partial charge in [0.15, 0.2) is 5.78 Å². The smallest absolute Gasteiger partial charge is 0.176 e. The third kappa shape index (κ3) is 7.70. The summed E-state index contributed by atoms with van der Waals surface area (Å²) in [5.41, 5.74) is 5.78. The minimum atomic E-state index is -0.0948. The summed E-state index contributed by atoms with van der Waals surface area (Å²) in [6.45, 7) is 9.38. The molecule has 0 aliphatic carbocycles. The van der Waals surface area contributed by atoms with Crippen molar-refractivity contribution in [3.63, 3.8) is 0 Å². The molecule has 0 saturated carbocycles. The molecule has 0 atom stereocenters. The maximum atomic E-state index is 11.1. The molecular weight excluding hydrogens is 190 g/mol. The Morgan fingerprint density at radius 3 is 2.27 bits per heavy atom. The third-order valence-electron chi connectivity index (χ3n) is 1.53. The van der Waals surface area contributed by atoms with Crippen LogP contribution < -0.4 is 5.73 Å². The number of allylic oxidation sites excluding steroid dienone is 3. The molecule has 0 aromatic heterocycles. The number of ketones is 1. The van der Waals surface area contributed by atoms with Crippen molar-refractivity contribution < 1.29 is 9.53 Å². The predicted molar refractivity (Wildman–Crippen MR) is 64.5 cm³/mol. The molecule has 0 aromatic rings. The molecule has 0 bridgehead atoms. The molecule has 0 unspecified atom stereocenters. The molecule has 0 aliphatic heterocycles. The Kier molecular flexibility index (Phi) is 11.5. The normalized spacial score (nSPS) is 10.6. The fourth-order valence-corrected chi connectivity index (χ4v) is 0.719. The second-order valence-electron chi connectivity index (χ2n) is 2.38. The number of nitrogens with two attached hydrogens (primary N) is 1. The van der Waals surface area contributed by atoms with E-state index in [2.05, 4.69) is 6.58 Å². The highest BCUT2D eigenvalue weighted by atomic mass is 16.5. The highest BCUT2D eigenvalue weighted by molar-refractivity contribution is 5.99. The second kappa shape index (κ2) is 10.7. The lowest BCUT2D eigenvalue weighted by Crippen LogP contribution is -2.14. The second-order valence-corrected chi connectivity index (χ2v) is 2.38. The van der Waals surface area contributed by atoms with Crippen LogP contribution in [0.2, 0.25) is 0 Å². The zero-order valence-electron chi connectivity index (χ0n) is 10.0. The summed E-state index contributed by atoms with van der Waals surface area (Å²) in [4.78, 5) is 11.1. The van der Waals surface area contributed by atoms with Crippen molar-refractivity contribution in [2.75, 3.05) is 13.7 Å². The first-order chi connectivity index (χ1) is 7.15. The van der Waals surface area contributed by atoms with Crippen LogP contribution in [0.25, 0.3) is 0 Å². The van der Waals surface area contributed by atoms with E-state index in [9.17, 15) is 4.79 Å². The van der Waals surface area contributed by atoms with E-state index in [1.54, 1.807) is 25.2 Å². The van der Waals surface area contributed by atoms with E-state index in [1.807, 2.05) is 13.8 Å². The number of rotatable bonds is 5. The van der Waals surface area contributed by atoms with E-state index in [1.165, 1.54) is 7.11 Å². The minimum Gasteiger partial charge on any atom is -0.497 e. The molecule has 0 rings (SSSR count). The average Bonchev–Trinajstić information content (AvgIpc) is 2.31. The van der Waals surface area contributed by atoms with Crippen molar-refractivity contribution in [1.82, 2.24) is 0 Å². The molecule has 15 heavy (non-hydrogen) atoms. The van der Waals surface area contributed by atoms with Gasteiger partial charge in [0.25, 0.3) is 0 Å². The Balaban J connectivity index is 0. The van der Waals surface area contributed by atoms with Gasteiger partial charge in [-0.2, -0.15) is 0 Å². The summed E-state index contributed by atoms with van der Waals surface area (Å²) in [5.74, 6) is 0.409. The lowest BCUT2D eigenvalue weighted by molar-refractivity contribution is -0.114. The number of hydrogen-bond acceptors (Lipinski definition) is 3. The summed E-state index contributed by atoms with van der Waals surface area (Å²) < 4.78 is 4.81. The van der Waals surface area contributed by atoms with Crippen molar-refractivity contribution >= 4 is 5.78 Å². The van der Waals surface area contributed by atoms with Gasteiger partial charge in [-0.1, -0.05) is 26.5 Å². The fourth-order valence-electron chi connectivity index (χ4n) is 0.719. The van der Waals surface area contributed by atoms with Gasteiger partial charge in [0, 0.05) is 5.57 Å². The van der Waals surface area contributed by atoms with Gasteiger partial charge in [-0.25, -0.2) is 0 Å². The monoisotopic (exact) mass is 211 g/mol. The zero-order valence-corrected chi connectivity index (χ0v) is 10.0. The molecule has 86 valence electrons. The van der Waals surface area contributed by atoms with Crippen LogP contribution in [0.4, 0.5) is 0 Å².